The van der Waals surface area contributed by atoms with Crippen LogP contribution in [0.1, 0.15) is 18.2 Å². The molecule has 2 heterocycles. The molecule has 0 unspecified atom stereocenters. The minimum atomic E-state index is -0.133. The lowest BCUT2D eigenvalue weighted by Crippen LogP contribution is -2.46. The Kier molecular flexibility index (Phi) is 5.01. The number of H-pyrrole nitrogens is 1. The first-order chi connectivity index (χ1) is 13.5. The van der Waals surface area contributed by atoms with E-state index >= 15 is 0 Å². The van der Waals surface area contributed by atoms with E-state index in [-0.39, 0.29) is 11.9 Å². The third kappa shape index (κ3) is 3.45. The van der Waals surface area contributed by atoms with Gasteiger partial charge in [0.05, 0.1) is 11.7 Å². The lowest BCUT2D eigenvalue weighted by molar-refractivity contribution is -0.134. The molecule has 0 aliphatic carbocycles. The molecule has 1 amide bonds. The van der Waals surface area contributed by atoms with Crippen molar-refractivity contribution < 1.29 is 4.79 Å². The highest BCUT2D eigenvalue weighted by molar-refractivity contribution is 5.81. The van der Waals surface area contributed by atoms with Crippen LogP contribution in [0.15, 0.2) is 54.6 Å². The third-order valence-electron chi connectivity index (χ3n) is 5.57. The van der Waals surface area contributed by atoms with Crippen molar-refractivity contribution >= 4 is 5.91 Å². The third-order valence-corrected chi connectivity index (χ3v) is 5.57. The van der Waals surface area contributed by atoms with Crippen LogP contribution in [-0.2, 0) is 17.8 Å². The summed E-state index contributed by atoms with van der Waals surface area (Å²) in [7, 11) is 3.62. The average Bonchev–Trinajstić information content (AvgIpc) is 3.16. The summed E-state index contributed by atoms with van der Waals surface area (Å²) in [6, 6.07) is 18.8. The van der Waals surface area contributed by atoms with Gasteiger partial charge in [-0.15, -0.1) is 0 Å². The summed E-state index contributed by atoms with van der Waals surface area (Å²) in [5.41, 5.74) is 6.88. The van der Waals surface area contributed by atoms with E-state index in [2.05, 4.69) is 63.6 Å². The van der Waals surface area contributed by atoms with Crippen molar-refractivity contribution in [3.63, 3.8) is 0 Å². The Morgan fingerprint density at radius 1 is 1.04 bits per heavy atom. The fourth-order valence-corrected chi connectivity index (χ4v) is 3.87. The Hall–Kier alpha value is -2.92. The van der Waals surface area contributed by atoms with Crippen LogP contribution in [0.3, 0.4) is 0 Å². The number of nitrogens with zero attached hydrogens (tertiary/aromatic N) is 3. The van der Waals surface area contributed by atoms with Gasteiger partial charge in [-0.05, 0) is 18.1 Å². The first-order valence-electron chi connectivity index (χ1n) is 9.72. The molecule has 1 atom stereocenters. The molecule has 1 aromatic heterocycles. The fourth-order valence-electron chi connectivity index (χ4n) is 3.87. The topological polar surface area (TPSA) is 52.2 Å². The Balaban J connectivity index is 1.59. The van der Waals surface area contributed by atoms with Gasteiger partial charge in [0.15, 0.2) is 0 Å². The van der Waals surface area contributed by atoms with Crippen LogP contribution < -0.4 is 0 Å². The predicted molar refractivity (Wildman–Crippen MR) is 112 cm³/mol. The maximum Gasteiger partial charge on any atom is 0.239 e. The Labute approximate surface area is 166 Å². The summed E-state index contributed by atoms with van der Waals surface area (Å²) in [4.78, 5) is 16.3. The zero-order valence-corrected chi connectivity index (χ0v) is 16.6. The minimum Gasteiger partial charge on any atom is -0.347 e. The minimum absolute atomic E-state index is 0.133. The van der Waals surface area contributed by atoms with Crippen molar-refractivity contribution in [1.29, 1.82) is 0 Å². The number of likely N-dealkylation sites (N-methyl/N-ethyl adjacent to an activating group) is 1. The van der Waals surface area contributed by atoms with Gasteiger partial charge < -0.3 is 4.90 Å². The maximum atomic E-state index is 12.4. The number of hydrogen-bond acceptors (Lipinski definition) is 3. The largest absolute Gasteiger partial charge is 0.347 e. The molecular weight excluding hydrogens is 348 g/mol. The molecule has 3 aromatic rings. The molecule has 0 fully saturated rings. The van der Waals surface area contributed by atoms with Crippen LogP contribution in [-0.4, -0.2) is 52.6 Å². The molecule has 0 saturated carbocycles. The highest BCUT2D eigenvalue weighted by atomic mass is 16.2. The maximum absolute atomic E-state index is 12.4. The van der Waals surface area contributed by atoms with Gasteiger partial charge in [-0.2, -0.15) is 5.10 Å². The van der Waals surface area contributed by atoms with Crippen LogP contribution in [0.25, 0.3) is 22.4 Å². The molecule has 1 aliphatic rings. The zero-order valence-electron chi connectivity index (χ0n) is 16.6. The van der Waals surface area contributed by atoms with E-state index in [4.69, 9.17) is 0 Å². The van der Waals surface area contributed by atoms with E-state index in [0.29, 0.717) is 0 Å². The molecule has 1 aliphatic heterocycles. The predicted octanol–water partition coefficient (Wildman–Crippen LogP) is 3.58. The van der Waals surface area contributed by atoms with E-state index in [0.717, 1.165) is 30.8 Å². The number of carbonyl (C=O) groups is 1. The number of fused-ring (bicyclic) bond motifs is 1. The van der Waals surface area contributed by atoms with Crippen molar-refractivity contribution in [3.05, 3.63) is 65.9 Å². The lowest BCUT2D eigenvalue weighted by atomic mass is 9.98. The molecule has 4 rings (SSSR count). The lowest BCUT2D eigenvalue weighted by Gasteiger charge is -2.33. The van der Waals surface area contributed by atoms with Crippen molar-refractivity contribution in [2.45, 2.75) is 25.9 Å². The molecule has 0 bridgehead atoms. The van der Waals surface area contributed by atoms with Crippen LogP contribution in [0, 0.1) is 0 Å². The van der Waals surface area contributed by atoms with Gasteiger partial charge in [-0.3, -0.25) is 14.8 Å². The summed E-state index contributed by atoms with van der Waals surface area (Å²) < 4.78 is 0. The van der Waals surface area contributed by atoms with Crippen molar-refractivity contribution in [1.82, 2.24) is 20.0 Å². The summed E-state index contributed by atoms with van der Waals surface area (Å²) in [5.74, 6) is 0.140. The molecular formula is C23H26N4O. The molecule has 0 radical (unpaired) electrons. The molecule has 5 heteroatoms. The number of aromatic amines is 1. The van der Waals surface area contributed by atoms with Crippen LogP contribution in [0.4, 0.5) is 0 Å². The highest BCUT2D eigenvalue weighted by Gasteiger charge is 2.29. The number of hydrogen-bond donors (Lipinski definition) is 1. The van der Waals surface area contributed by atoms with Crippen molar-refractivity contribution in [3.8, 4) is 22.4 Å². The quantitative estimate of drug-likeness (QED) is 0.759. The van der Waals surface area contributed by atoms with Crippen molar-refractivity contribution in [2.75, 3.05) is 20.6 Å². The second kappa shape index (κ2) is 7.60. The van der Waals surface area contributed by atoms with Gasteiger partial charge in [0.25, 0.3) is 0 Å². The van der Waals surface area contributed by atoms with Crippen LogP contribution >= 0.6 is 0 Å². The van der Waals surface area contributed by atoms with Crippen LogP contribution in [0.5, 0.6) is 0 Å². The summed E-state index contributed by atoms with van der Waals surface area (Å²) in [6.07, 6.45) is 0.884. The average molecular weight is 374 g/mol. The first kappa shape index (κ1) is 18.4. The summed E-state index contributed by atoms with van der Waals surface area (Å²) in [6.45, 7) is 3.59. The molecule has 144 valence electrons. The smallest absolute Gasteiger partial charge is 0.239 e. The molecule has 2 aromatic carbocycles. The standard InChI is InChI=1S/C23H26N4O/c1-16(23(28)26(2)3)27-14-13-21-20(15-27)22(25-24-21)19-11-9-18(10-12-19)17-7-5-4-6-8-17/h4-12,16H,13-15H2,1-3H3,(H,24,25)/t16-/m0/s1. The summed E-state index contributed by atoms with van der Waals surface area (Å²) in [5, 5.41) is 7.81. The number of benzene rings is 2. The number of carbonyl (C=O) groups excluding carboxylic acids is 1. The van der Waals surface area contributed by atoms with Crippen LogP contribution in [0.2, 0.25) is 0 Å². The number of nitrogens with one attached hydrogen (secondary N) is 1. The monoisotopic (exact) mass is 374 g/mol. The van der Waals surface area contributed by atoms with E-state index < -0.39 is 0 Å². The number of amides is 1. The Morgan fingerprint density at radius 3 is 2.36 bits per heavy atom. The van der Waals surface area contributed by atoms with Gasteiger partial charge in [-0.1, -0.05) is 54.6 Å². The van der Waals surface area contributed by atoms with E-state index in [1.54, 1.807) is 4.90 Å². The van der Waals surface area contributed by atoms with Gasteiger partial charge in [-0.25, -0.2) is 0 Å². The molecule has 5 nitrogen and oxygen atoms in total. The Morgan fingerprint density at radius 2 is 1.68 bits per heavy atom. The highest BCUT2D eigenvalue weighted by Crippen LogP contribution is 2.30. The van der Waals surface area contributed by atoms with E-state index in [9.17, 15) is 4.79 Å². The normalized spacial score (nSPS) is 15.1. The molecule has 28 heavy (non-hydrogen) atoms. The number of rotatable bonds is 4. The molecule has 0 saturated heterocycles. The first-order valence-corrected chi connectivity index (χ1v) is 9.72. The SMILES string of the molecule is C[C@@H](C(=O)N(C)C)N1CCc2[nH]nc(-c3ccc(-c4ccccc4)cc3)c2C1. The van der Waals surface area contributed by atoms with Gasteiger partial charge in [0.1, 0.15) is 0 Å². The molecule has 1 N–H and O–H groups in total. The van der Waals surface area contributed by atoms with E-state index in [1.165, 1.54) is 22.4 Å². The van der Waals surface area contributed by atoms with Gasteiger partial charge in [0.2, 0.25) is 5.91 Å². The molecule has 0 spiro atoms. The summed E-state index contributed by atoms with van der Waals surface area (Å²) >= 11 is 0. The zero-order chi connectivity index (χ0) is 19.7. The van der Waals surface area contributed by atoms with Gasteiger partial charge >= 0.3 is 0 Å². The van der Waals surface area contributed by atoms with Crippen molar-refractivity contribution in [2.24, 2.45) is 0 Å². The van der Waals surface area contributed by atoms with E-state index in [1.807, 2.05) is 27.1 Å². The Bertz CT molecular complexity index is 960. The van der Waals surface area contributed by atoms with Gasteiger partial charge in [0, 0.05) is 50.4 Å². The number of aromatic nitrogens is 2. The second-order valence-electron chi connectivity index (χ2n) is 7.60. The fraction of sp³-hybridized carbons (Fsp3) is 0.304. The second-order valence-corrected chi connectivity index (χ2v) is 7.60.